The van der Waals surface area contributed by atoms with Gasteiger partial charge < -0.3 is 0 Å². The van der Waals surface area contributed by atoms with Gasteiger partial charge in [0.15, 0.2) is 15.1 Å². The standard InChI is InChI=1S/C11H11ClN4O2S2/c12-9-10(15-6-7-19-11(15)14-9)20(17,18)16(5-1-4-13)8-2-3-8/h6-8H,1-3,5H2. The average Bonchev–Trinajstić information content (AvgIpc) is 3.02. The SMILES string of the molecule is N#CCCN(C1CC1)S(=O)(=O)c1c(Cl)nc2sccn12. The third-order valence-corrected chi connectivity index (χ3v) is 6.24. The Kier molecular flexibility index (Phi) is 3.46. The maximum absolute atomic E-state index is 12.8. The lowest BCUT2D eigenvalue weighted by Gasteiger charge is -2.20. The van der Waals surface area contributed by atoms with Gasteiger partial charge >= 0.3 is 0 Å². The van der Waals surface area contributed by atoms with Gasteiger partial charge in [-0.25, -0.2) is 13.4 Å². The quantitative estimate of drug-likeness (QED) is 0.841. The van der Waals surface area contributed by atoms with Gasteiger partial charge in [-0.05, 0) is 12.8 Å². The van der Waals surface area contributed by atoms with E-state index in [-0.39, 0.29) is 29.2 Å². The molecule has 20 heavy (non-hydrogen) atoms. The van der Waals surface area contributed by atoms with Gasteiger partial charge in [0.2, 0.25) is 0 Å². The number of hydrogen-bond donors (Lipinski definition) is 0. The molecule has 0 amide bonds. The molecule has 0 spiro atoms. The molecule has 1 fully saturated rings. The van der Waals surface area contributed by atoms with Crippen molar-refractivity contribution in [3.05, 3.63) is 16.7 Å². The van der Waals surface area contributed by atoms with Gasteiger partial charge in [0.1, 0.15) is 0 Å². The van der Waals surface area contributed by atoms with E-state index in [4.69, 9.17) is 16.9 Å². The van der Waals surface area contributed by atoms with Crippen LogP contribution in [0.25, 0.3) is 4.96 Å². The highest BCUT2D eigenvalue weighted by atomic mass is 35.5. The van der Waals surface area contributed by atoms with E-state index in [2.05, 4.69) is 4.98 Å². The molecular formula is C11H11ClN4O2S2. The van der Waals surface area contributed by atoms with Crippen LogP contribution >= 0.6 is 22.9 Å². The fourth-order valence-corrected chi connectivity index (χ4v) is 5.20. The van der Waals surface area contributed by atoms with Crippen LogP contribution in [-0.4, -0.2) is 34.7 Å². The van der Waals surface area contributed by atoms with Crippen LogP contribution in [0.5, 0.6) is 0 Å². The average molecular weight is 331 g/mol. The Morgan fingerprint density at radius 2 is 2.35 bits per heavy atom. The second-order valence-corrected chi connectivity index (χ2v) is 7.56. The van der Waals surface area contributed by atoms with Crippen molar-refractivity contribution < 1.29 is 8.42 Å². The van der Waals surface area contributed by atoms with Gasteiger partial charge in [-0.2, -0.15) is 9.57 Å². The molecule has 0 aliphatic heterocycles. The second-order valence-electron chi connectivity index (χ2n) is 4.52. The van der Waals surface area contributed by atoms with Crippen LogP contribution in [0.15, 0.2) is 16.6 Å². The summed E-state index contributed by atoms with van der Waals surface area (Å²) in [5.41, 5.74) is 0. The van der Waals surface area contributed by atoms with Gasteiger partial charge in [-0.3, -0.25) is 4.40 Å². The lowest BCUT2D eigenvalue weighted by molar-refractivity contribution is 0.408. The van der Waals surface area contributed by atoms with E-state index in [1.807, 2.05) is 6.07 Å². The number of halogens is 1. The molecule has 1 saturated carbocycles. The Bertz CT molecular complexity index is 785. The Labute approximate surface area is 125 Å². The molecule has 1 aliphatic carbocycles. The van der Waals surface area contributed by atoms with E-state index in [9.17, 15) is 8.42 Å². The number of aromatic nitrogens is 2. The smallest absolute Gasteiger partial charge is 0.262 e. The number of fused-ring (bicyclic) bond motifs is 1. The number of rotatable bonds is 5. The first-order valence-electron chi connectivity index (χ1n) is 6.05. The monoisotopic (exact) mass is 330 g/mol. The molecule has 2 aromatic rings. The van der Waals surface area contributed by atoms with Gasteiger partial charge in [0.05, 0.1) is 6.07 Å². The van der Waals surface area contributed by atoms with Crippen LogP contribution in [-0.2, 0) is 10.0 Å². The second kappa shape index (κ2) is 5.00. The van der Waals surface area contributed by atoms with Gasteiger partial charge in [0.25, 0.3) is 10.0 Å². The molecule has 0 unspecified atom stereocenters. The highest BCUT2D eigenvalue weighted by Gasteiger charge is 2.40. The molecule has 0 N–H and O–H groups in total. The molecule has 2 heterocycles. The summed E-state index contributed by atoms with van der Waals surface area (Å²) >= 11 is 7.32. The third kappa shape index (κ3) is 2.20. The first-order chi connectivity index (χ1) is 9.55. The van der Waals surface area contributed by atoms with Crippen molar-refractivity contribution in [1.82, 2.24) is 13.7 Å². The third-order valence-electron chi connectivity index (χ3n) is 3.13. The van der Waals surface area contributed by atoms with Gasteiger partial charge in [-0.15, -0.1) is 11.3 Å². The zero-order valence-electron chi connectivity index (χ0n) is 10.4. The molecule has 9 heteroatoms. The summed E-state index contributed by atoms with van der Waals surface area (Å²) in [6.45, 7) is 0.192. The van der Waals surface area contributed by atoms with Crippen molar-refractivity contribution in [2.75, 3.05) is 6.54 Å². The fourth-order valence-electron chi connectivity index (χ4n) is 2.10. The van der Waals surface area contributed by atoms with E-state index < -0.39 is 10.0 Å². The molecular weight excluding hydrogens is 320 g/mol. The summed E-state index contributed by atoms with van der Waals surface area (Å²) in [5.74, 6) is 0. The van der Waals surface area contributed by atoms with Crippen molar-refractivity contribution in [3.8, 4) is 6.07 Å². The molecule has 0 saturated heterocycles. The first kappa shape index (κ1) is 13.8. The predicted molar refractivity (Wildman–Crippen MR) is 75.2 cm³/mol. The van der Waals surface area contributed by atoms with Crippen LogP contribution in [0, 0.1) is 11.3 Å². The molecule has 0 radical (unpaired) electrons. The molecule has 0 aromatic carbocycles. The highest BCUT2D eigenvalue weighted by molar-refractivity contribution is 7.89. The summed E-state index contributed by atoms with van der Waals surface area (Å²) in [5, 5.41) is 10.4. The number of nitrogens with zero attached hydrogens (tertiary/aromatic N) is 4. The number of nitriles is 1. The van der Waals surface area contributed by atoms with Crippen molar-refractivity contribution in [2.45, 2.75) is 30.3 Å². The van der Waals surface area contributed by atoms with Crippen molar-refractivity contribution in [3.63, 3.8) is 0 Å². The van der Waals surface area contributed by atoms with Gasteiger partial charge in [0, 0.05) is 30.6 Å². The number of sulfonamides is 1. The topological polar surface area (TPSA) is 78.5 Å². The van der Waals surface area contributed by atoms with Crippen molar-refractivity contribution in [1.29, 1.82) is 5.26 Å². The molecule has 2 aromatic heterocycles. The minimum atomic E-state index is -3.74. The predicted octanol–water partition coefficient (Wildman–Crippen LogP) is 2.12. The van der Waals surface area contributed by atoms with Crippen LogP contribution in [0.3, 0.4) is 0 Å². The Morgan fingerprint density at radius 1 is 1.60 bits per heavy atom. The summed E-state index contributed by atoms with van der Waals surface area (Å²) in [6, 6.07) is 1.97. The summed E-state index contributed by atoms with van der Waals surface area (Å²) in [4.78, 5) is 4.60. The number of hydrogen-bond acceptors (Lipinski definition) is 5. The Hall–Kier alpha value is -1.14. The Balaban J connectivity index is 2.07. The summed E-state index contributed by atoms with van der Waals surface area (Å²) < 4.78 is 28.4. The zero-order chi connectivity index (χ0) is 14.3. The van der Waals surface area contributed by atoms with E-state index in [0.29, 0.717) is 4.96 Å². The maximum atomic E-state index is 12.8. The zero-order valence-corrected chi connectivity index (χ0v) is 12.7. The van der Waals surface area contributed by atoms with E-state index in [0.717, 1.165) is 12.8 Å². The van der Waals surface area contributed by atoms with Crippen LogP contribution < -0.4 is 0 Å². The first-order valence-corrected chi connectivity index (χ1v) is 8.75. The number of thiazole rings is 1. The number of imidazole rings is 1. The lowest BCUT2D eigenvalue weighted by Crippen LogP contribution is -2.34. The largest absolute Gasteiger partial charge is 0.279 e. The maximum Gasteiger partial charge on any atom is 0.262 e. The van der Waals surface area contributed by atoms with Crippen LogP contribution in [0.4, 0.5) is 0 Å². The molecule has 0 bridgehead atoms. The fraction of sp³-hybridized carbons (Fsp3) is 0.455. The van der Waals surface area contributed by atoms with Crippen molar-refractivity contribution in [2.24, 2.45) is 0 Å². The summed E-state index contributed by atoms with van der Waals surface area (Å²) in [6.07, 6.45) is 3.46. The van der Waals surface area contributed by atoms with Crippen LogP contribution in [0.1, 0.15) is 19.3 Å². The molecule has 3 rings (SSSR count). The molecule has 1 aliphatic rings. The van der Waals surface area contributed by atoms with Crippen LogP contribution in [0.2, 0.25) is 5.15 Å². The normalized spacial score (nSPS) is 15.8. The Morgan fingerprint density at radius 3 is 3.00 bits per heavy atom. The van der Waals surface area contributed by atoms with Crippen molar-refractivity contribution >= 4 is 37.9 Å². The minimum absolute atomic E-state index is 0.000237. The molecule has 106 valence electrons. The van der Waals surface area contributed by atoms with E-state index >= 15 is 0 Å². The molecule has 0 atom stereocenters. The highest BCUT2D eigenvalue weighted by Crippen LogP contribution is 2.35. The van der Waals surface area contributed by atoms with E-state index in [1.165, 1.54) is 20.0 Å². The lowest BCUT2D eigenvalue weighted by atomic mass is 10.4. The van der Waals surface area contributed by atoms with Gasteiger partial charge in [-0.1, -0.05) is 11.6 Å². The minimum Gasteiger partial charge on any atom is -0.279 e. The van der Waals surface area contributed by atoms with E-state index in [1.54, 1.807) is 11.6 Å². The summed E-state index contributed by atoms with van der Waals surface area (Å²) in [7, 11) is -3.74. The molecule has 6 nitrogen and oxygen atoms in total.